The fourth-order valence-corrected chi connectivity index (χ4v) is 4.35. The summed E-state index contributed by atoms with van der Waals surface area (Å²) in [6.45, 7) is 2.22. The number of hydrogen-bond acceptors (Lipinski definition) is 5. The van der Waals surface area contributed by atoms with Crippen LogP contribution in [0.15, 0.2) is 60.8 Å². The molecule has 2 fully saturated rings. The summed E-state index contributed by atoms with van der Waals surface area (Å²) in [5.74, 6) is -0.162. The van der Waals surface area contributed by atoms with Gasteiger partial charge in [0.05, 0.1) is 5.69 Å². The van der Waals surface area contributed by atoms with Gasteiger partial charge in [0.25, 0.3) is 5.91 Å². The van der Waals surface area contributed by atoms with Crippen molar-refractivity contribution in [3.63, 3.8) is 0 Å². The summed E-state index contributed by atoms with van der Waals surface area (Å²) >= 11 is 0. The molecule has 1 saturated carbocycles. The second-order valence-corrected chi connectivity index (χ2v) is 8.77. The van der Waals surface area contributed by atoms with E-state index >= 15 is 0 Å². The number of hydrogen-bond donors (Lipinski definition) is 2. The highest BCUT2D eigenvalue weighted by atomic mass is 16.3. The van der Waals surface area contributed by atoms with Gasteiger partial charge in [-0.15, -0.1) is 0 Å². The van der Waals surface area contributed by atoms with Crippen molar-refractivity contribution >= 4 is 5.91 Å². The number of aromatic nitrogens is 2. The lowest BCUT2D eigenvalue weighted by Gasteiger charge is -2.38. The first kappa shape index (κ1) is 20.9. The van der Waals surface area contributed by atoms with Crippen LogP contribution in [-0.2, 0) is 11.8 Å². The summed E-state index contributed by atoms with van der Waals surface area (Å²) in [4.78, 5) is 16.0. The van der Waals surface area contributed by atoms with E-state index in [0.29, 0.717) is 39.0 Å². The van der Waals surface area contributed by atoms with Crippen molar-refractivity contribution in [1.82, 2.24) is 19.6 Å². The molecule has 1 aliphatic heterocycles. The van der Waals surface area contributed by atoms with E-state index in [1.807, 2.05) is 47.0 Å². The number of aliphatic hydroxyl groups excluding tert-OH is 1. The molecule has 2 N–H and O–H groups in total. The Morgan fingerprint density at radius 2 is 1.47 bits per heavy atom. The Bertz CT molecular complexity index is 1090. The number of carbonyl (C=O) groups excluding carboxylic acids is 1. The summed E-state index contributed by atoms with van der Waals surface area (Å²) in [6.07, 6.45) is 2.21. The van der Waals surface area contributed by atoms with Gasteiger partial charge in [-0.25, -0.2) is 0 Å². The molecule has 5 rings (SSSR count). The number of amides is 1. The van der Waals surface area contributed by atoms with E-state index in [1.165, 1.54) is 0 Å². The van der Waals surface area contributed by atoms with Crippen molar-refractivity contribution in [2.45, 2.75) is 24.7 Å². The molecule has 1 amide bonds. The van der Waals surface area contributed by atoms with Crippen molar-refractivity contribution in [2.24, 2.45) is 7.05 Å². The Kier molecular flexibility index (Phi) is 5.33. The number of rotatable bonds is 5. The third kappa shape index (κ3) is 3.95. The van der Waals surface area contributed by atoms with E-state index in [-0.39, 0.29) is 5.91 Å². The highest BCUT2D eigenvalue weighted by molar-refractivity contribution is 5.87. The average Bonchev–Trinajstić information content (AvgIpc) is 3.45. The van der Waals surface area contributed by atoms with Crippen LogP contribution < -0.4 is 0 Å². The van der Waals surface area contributed by atoms with Crippen molar-refractivity contribution in [3.8, 4) is 22.4 Å². The molecule has 2 aliphatic rings. The highest BCUT2D eigenvalue weighted by Crippen LogP contribution is 2.37. The Hall–Kier alpha value is -3.00. The molecule has 1 unspecified atom stereocenters. The minimum atomic E-state index is -1.12. The molecule has 1 aliphatic carbocycles. The molecule has 32 heavy (non-hydrogen) atoms. The number of aryl methyl sites for hydroxylation is 1. The first-order valence-electron chi connectivity index (χ1n) is 11.1. The van der Waals surface area contributed by atoms with Crippen molar-refractivity contribution in [2.75, 3.05) is 26.2 Å². The molecule has 2 aromatic carbocycles. The maximum absolute atomic E-state index is 12.3. The van der Waals surface area contributed by atoms with Gasteiger partial charge in [-0.1, -0.05) is 48.5 Å². The monoisotopic (exact) mass is 432 g/mol. The van der Waals surface area contributed by atoms with Gasteiger partial charge >= 0.3 is 0 Å². The molecule has 1 aromatic heterocycles. The van der Waals surface area contributed by atoms with E-state index in [1.54, 1.807) is 11.1 Å². The van der Waals surface area contributed by atoms with Crippen LogP contribution in [0.25, 0.3) is 22.4 Å². The molecule has 0 spiro atoms. The molecule has 7 heteroatoms. The molecule has 166 valence electrons. The van der Waals surface area contributed by atoms with Crippen molar-refractivity contribution in [3.05, 3.63) is 66.4 Å². The van der Waals surface area contributed by atoms with E-state index < -0.39 is 11.8 Å². The Balaban J connectivity index is 1.22. The van der Waals surface area contributed by atoms with Gasteiger partial charge in [0.2, 0.25) is 0 Å². The van der Waals surface area contributed by atoms with Gasteiger partial charge in [0.1, 0.15) is 11.8 Å². The summed E-state index contributed by atoms with van der Waals surface area (Å²) in [5, 5.41) is 25.1. The summed E-state index contributed by atoms with van der Waals surface area (Å²) < 4.78 is 1.86. The predicted molar refractivity (Wildman–Crippen MR) is 121 cm³/mol. The fraction of sp³-hybridized carbons (Fsp3) is 0.360. The maximum atomic E-state index is 12.3. The molecule has 0 radical (unpaired) electrons. The lowest BCUT2D eigenvalue weighted by Crippen LogP contribution is -2.52. The number of carbonyl (C=O) groups is 1. The third-order valence-corrected chi connectivity index (χ3v) is 6.61. The van der Waals surface area contributed by atoms with Gasteiger partial charge in [0, 0.05) is 39.4 Å². The molecule has 1 saturated heterocycles. The second kappa shape index (κ2) is 8.16. The zero-order valence-corrected chi connectivity index (χ0v) is 18.2. The largest absolute Gasteiger partial charge is 0.380 e. The minimum Gasteiger partial charge on any atom is -0.380 e. The number of nitrogens with zero attached hydrogens (tertiary/aromatic N) is 4. The normalized spacial score (nSPS) is 19.0. The minimum absolute atomic E-state index is 0.162. The van der Waals surface area contributed by atoms with E-state index in [2.05, 4.69) is 29.4 Å². The van der Waals surface area contributed by atoms with Crippen molar-refractivity contribution < 1.29 is 15.0 Å². The Morgan fingerprint density at radius 1 is 0.906 bits per heavy atom. The van der Waals surface area contributed by atoms with Gasteiger partial charge in [0.15, 0.2) is 0 Å². The molecule has 2 heterocycles. The first-order chi connectivity index (χ1) is 15.4. The van der Waals surface area contributed by atoms with E-state index in [9.17, 15) is 15.0 Å². The zero-order valence-electron chi connectivity index (χ0n) is 18.2. The first-order valence-corrected chi connectivity index (χ1v) is 11.1. The molecular formula is C25H28N4O3. The van der Waals surface area contributed by atoms with Crippen LogP contribution in [0.1, 0.15) is 24.6 Å². The molecular weight excluding hydrogens is 404 g/mol. The predicted octanol–water partition coefficient (Wildman–Crippen LogP) is 2.41. The number of benzene rings is 2. The van der Waals surface area contributed by atoms with Gasteiger partial charge in [-0.05, 0) is 41.2 Å². The SMILES string of the molecule is Cn1nccc1-c1ccc(-c2ccc(C(O)N3CCN(C(=O)C4(O)CC4)CC3)cc2)cc1. The molecule has 7 nitrogen and oxygen atoms in total. The van der Waals surface area contributed by atoms with Crippen LogP contribution >= 0.6 is 0 Å². The standard InChI is InChI=1S/C25H28N4O3/c1-27-22(10-13-26-27)20-6-2-18(3-7-20)19-4-8-21(9-5-19)23(30)28-14-16-29(17-15-28)24(31)25(32)11-12-25/h2-10,13,23,30,32H,11-12,14-17H2,1H3. The van der Waals surface area contributed by atoms with Crippen LogP contribution in [0.2, 0.25) is 0 Å². The lowest BCUT2D eigenvalue weighted by atomic mass is 10.0. The van der Waals surface area contributed by atoms with Crippen molar-refractivity contribution in [1.29, 1.82) is 0 Å². The molecule has 1 atom stereocenters. The summed E-state index contributed by atoms with van der Waals surface area (Å²) in [6, 6.07) is 18.3. The Morgan fingerprint density at radius 3 is 2.00 bits per heavy atom. The highest BCUT2D eigenvalue weighted by Gasteiger charge is 2.50. The molecule has 3 aromatic rings. The van der Waals surface area contributed by atoms with E-state index in [0.717, 1.165) is 27.9 Å². The van der Waals surface area contributed by atoms with Crippen LogP contribution in [0.5, 0.6) is 0 Å². The smallest absolute Gasteiger partial charge is 0.254 e. The summed E-state index contributed by atoms with van der Waals surface area (Å²) in [5.41, 5.74) is 4.11. The summed E-state index contributed by atoms with van der Waals surface area (Å²) in [7, 11) is 1.93. The topological polar surface area (TPSA) is 81.8 Å². The third-order valence-electron chi connectivity index (χ3n) is 6.61. The Labute approximate surface area is 187 Å². The quantitative estimate of drug-likeness (QED) is 0.647. The van der Waals surface area contributed by atoms with E-state index in [4.69, 9.17) is 0 Å². The fourth-order valence-electron chi connectivity index (χ4n) is 4.35. The molecule has 0 bridgehead atoms. The maximum Gasteiger partial charge on any atom is 0.254 e. The number of aliphatic hydroxyl groups is 2. The zero-order chi connectivity index (χ0) is 22.3. The second-order valence-electron chi connectivity index (χ2n) is 8.77. The van der Waals surface area contributed by atoms with Crippen LogP contribution in [0, 0.1) is 0 Å². The van der Waals surface area contributed by atoms with Gasteiger partial charge < -0.3 is 15.1 Å². The average molecular weight is 433 g/mol. The van der Waals surface area contributed by atoms with Gasteiger partial charge in [-0.2, -0.15) is 5.10 Å². The number of piperazine rings is 1. The van der Waals surface area contributed by atoms with Crippen LogP contribution in [-0.4, -0.2) is 67.5 Å². The van der Waals surface area contributed by atoms with Crippen LogP contribution in [0.4, 0.5) is 0 Å². The van der Waals surface area contributed by atoms with Gasteiger partial charge in [-0.3, -0.25) is 14.4 Å². The lowest BCUT2D eigenvalue weighted by molar-refractivity contribution is -0.146. The van der Waals surface area contributed by atoms with Crippen LogP contribution in [0.3, 0.4) is 0 Å².